The molecule has 3 rings (SSSR count). The van der Waals surface area contributed by atoms with Gasteiger partial charge < -0.3 is 23.9 Å². The number of carbonyl (C=O) groups is 1. The molecule has 1 fully saturated rings. The first-order valence-electron chi connectivity index (χ1n) is 8.90. The molecular formula is C21H25NO5. The summed E-state index contributed by atoms with van der Waals surface area (Å²) in [6, 6.07) is 7.40. The van der Waals surface area contributed by atoms with Gasteiger partial charge in [-0.2, -0.15) is 0 Å². The van der Waals surface area contributed by atoms with Gasteiger partial charge in [0.15, 0.2) is 11.5 Å². The van der Waals surface area contributed by atoms with E-state index in [0.29, 0.717) is 41.4 Å². The third-order valence-corrected chi connectivity index (χ3v) is 4.76. The van der Waals surface area contributed by atoms with E-state index >= 15 is 0 Å². The van der Waals surface area contributed by atoms with Crippen molar-refractivity contribution in [2.75, 3.05) is 21.3 Å². The zero-order valence-corrected chi connectivity index (χ0v) is 16.1. The predicted octanol–water partition coefficient (Wildman–Crippen LogP) is 3.76. The first-order chi connectivity index (χ1) is 13.0. The Labute approximate surface area is 159 Å². The summed E-state index contributed by atoms with van der Waals surface area (Å²) in [4.78, 5) is 12.1. The van der Waals surface area contributed by atoms with Crippen molar-refractivity contribution < 1.29 is 23.4 Å². The van der Waals surface area contributed by atoms with Gasteiger partial charge in [-0.05, 0) is 36.6 Å². The molecule has 0 radical (unpaired) electrons. The number of hydrogen-bond acceptors (Lipinski definition) is 5. The molecule has 144 valence electrons. The van der Waals surface area contributed by atoms with E-state index in [4.69, 9.17) is 18.6 Å². The van der Waals surface area contributed by atoms with Gasteiger partial charge in [0.1, 0.15) is 17.3 Å². The van der Waals surface area contributed by atoms with E-state index in [0.717, 1.165) is 11.3 Å². The van der Waals surface area contributed by atoms with Crippen LogP contribution in [0.2, 0.25) is 0 Å². The Morgan fingerprint density at radius 1 is 1.15 bits per heavy atom. The highest BCUT2D eigenvalue weighted by atomic mass is 16.5. The normalized spacial score (nSPS) is 18.4. The van der Waals surface area contributed by atoms with Gasteiger partial charge in [0.2, 0.25) is 5.91 Å². The molecule has 2 aromatic rings. The Hall–Kier alpha value is -2.89. The minimum atomic E-state index is -0.218. The second-order valence-electron chi connectivity index (χ2n) is 6.63. The fourth-order valence-electron chi connectivity index (χ4n) is 3.01. The molecule has 1 aliphatic carbocycles. The molecule has 1 amide bonds. The van der Waals surface area contributed by atoms with Gasteiger partial charge >= 0.3 is 0 Å². The quantitative estimate of drug-likeness (QED) is 0.716. The second kappa shape index (κ2) is 8.20. The summed E-state index contributed by atoms with van der Waals surface area (Å²) in [5.41, 5.74) is 0.792. The van der Waals surface area contributed by atoms with Gasteiger partial charge in [0.25, 0.3) is 0 Å². The molecule has 6 heteroatoms. The standard InChI is InChI=1S/C21H25NO5/c1-13-9-16(13)17-7-5-15(27-17)6-8-21(23)22-12-14-10-19(25-3)20(26-4)11-18(14)24-2/h5-8,10-11,13,16H,9,12H2,1-4H3,(H,22,23)/b8-6+. The van der Waals surface area contributed by atoms with Gasteiger partial charge in [-0.1, -0.05) is 6.92 Å². The lowest BCUT2D eigenvalue weighted by Gasteiger charge is -2.14. The number of amides is 1. The van der Waals surface area contributed by atoms with Crippen molar-refractivity contribution in [1.29, 1.82) is 0 Å². The molecule has 6 nitrogen and oxygen atoms in total. The molecule has 1 aliphatic rings. The molecule has 1 saturated carbocycles. The first kappa shape index (κ1) is 18.9. The number of methoxy groups -OCH3 is 3. The number of carbonyl (C=O) groups excluding carboxylic acids is 1. The van der Waals surface area contributed by atoms with Gasteiger partial charge in [-0.15, -0.1) is 0 Å². The summed E-state index contributed by atoms with van der Waals surface area (Å²) in [7, 11) is 4.70. The van der Waals surface area contributed by atoms with E-state index in [9.17, 15) is 4.79 Å². The van der Waals surface area contributed by atoms with E-state index in [-0.39, 0.29) is 5.91 Å². The van der Waals surface area contributed by atoms with Crippen LogP contribution in [0.4, 0.5) is 0 Å². The van der Waals surface area contributed by atoms with E-state index in [2.05, 4.69) is 12.2 Å². The van der Waals surface area contributed by atoms with Crippen LogP contribution in [0.1, 0.15) is 36.3 Å². The molecule has 0 aliphatic heterocycles. The maximum atomic E-state index is 12.1. The van der Waals surface area contributed by atoms with Crippen molar-refractivity contribution in [3.8, 4) is 17.2 Å². The van der Waals surface area contributed by atoms with Crippen molar-refractivity contribution in [2.45, 2.75) is 25.8 Å². The number of furan rings is 1. The monoisotopic (exact) mass is 371 g/mol. The summed E-state index contributed by atoms with van der Waals surface area (Å²) < 4.78 is 21.7. The molecule has 0 spiro atoms. The maximum absolute atomic E-state index is 12.1. The highest BCUT2D eigenvalue weighted by Gasteiger charge is 2.36. The SMILES string of the molecule is COc1cc(OC)c(OC)cc1CNC(=O)/C=C/c1ccc(C2CC2C)o1. The lowest BCUT2D eigenvalue weighted by molar-refractivity contribution is -0.116. The van der Waals surface area contributed by atoms with Crippen LogP contribution in [0.15, 0.2) is 34.8 Å². The number of rotatable bonds is 8. The third-order valence-electron chi connectivity index (χ3n) is 4.76. The Kier molecular flexibility index (Phi) is 5.74. The van der Waals surface area contributed by atoms with Crippen LogP contribution in [-0.2, 0) is 11.3 Å². The number of nitrogens with one attached hydrogen (secondary N) is 1. The number of ether oxygens (including phenoxy) is 3. The van der Waals surface area contributed by atoms with Crippen molar-refractivity contribution in [2.24, 2.45) is 5.92 Å². The van der Waals surface area contributed by atoms with Crippen molar-refractivity contribution in [3.63, 3.8) is 0 Å². The lowest BCUT2D eigenvalue weighted by Crippen LogP contribution is -2.20. The molecule has 2 unspecified atom stereocenters. The van der Waals surface area contributed by atoms with E-state index in [1.807, 2.05) is 12.1 Å². The highest BCUT2D eigenvalue weighted by molar-refractivity contribution is 5.91. The fourth-order valence-corrected chi connectivity index (χ4v) is 3.01. The molecule has 1 aromatic heterocycles. The average Bonchev–Trinajstić information content (AvgIpc) is 3.23. The molecular weight excluding hydrogens is 346 g/mol. The van der Waals surface area contributed by atoms with Crippen LogP contribution in [0.25, 0.3) is 6.08 Å². The zero-order valence-electron chi connectivity index (χ0n) is 16.1. The van der Waals surface area contributed by atoms with Crippen LogP contribution in [0, 0.1) is 5.92 Å². The third kappa shape index (κ3) is 4.45. The Bertz CT molecular complexity index is 839. The maximum Gasteiger partial charge on any atom is 0.244 e. The fraction of sp³-hybridized carbons (Fsp3) is 0.381. The van der Waals surface area contributed by atoms with Crippen LogP contribution < -0.4 is 19.5 Å². The average molecular weight is 371 g/mol. The summed E-state index contributed by atoms with van der Waals surface area (Å²) >= 11 is 0. The van der Waals surface area contributed by atoms with Crippen LogP contribution >= 0.6 is 0 Å². The van der Waals surface area contributed by atoms with Crippen molar-refractivity contribution >= 4 is 12.0 Å². The van der Waals surface area contributed by atoms with Crippen LogP contribution in [0.3, 0.4) is 0 Å². The van der Waals surface area contributed by atoms with E-state index in [1.54, 1.807) is 39.5 Å². The smallest absolute Gasteiger partial charge is 0.244 e. The van der Waals surface area contributed by atoms with Crippen molar-refractivity contribution in [3.05, 3.63) is 47.4 Å². The summed E-state index contributed by atoms with van der Waals surface area (Å²) in [5, 5.41) is 2.84. The Morgan fingerprint density at radius 3 is 2.44 bits per heavy atom. The minimum absolute atomic E-state index is 0.218. The van der Waals surface area contributed by atoms with Crippen molar-refractivity contribution in [1.82, 2.24) is 5.32 Å². The molecule has 0 saturated heterocycles. The Morgan fingerprint density at radius 2 is 1.81 bits per heavy atom. The summed E-state index contributed by atoms with van der Waals surface area (Å²) in [5.74, 6) is 4.45. The van der Waals surface area contributed by atoms with E-state index < -0.39 is 0 Å². The van der Waals surface area contributed by atoms with Crippen LogP contribution in [-0.4, -0.2) is 27.2 Å². The molecule has 2 atom stereocenters. The molecule has 1 heterocycles. The van der Waals surface area contributed by atoms with Gasteiger partial charge in [-0.3, -0.25) is 4.79 Å². The zero-order chi connectivity index (χ0) is 19.4. The number of hydrogen-bond donors (Lipinski definition) is 1. The molecule has 1 N–H and O–H groups in total. The van der Waals surface area contributed by atoms with Gasteiger partial charge in [-0.25, -0.2) is 0 Å². The van der Waals surface area contributed by atoms with Gasteiger partial charge in [0.05, 0.1) is 21.3 Å². The summed E-state index contributed by atoms with van der Waals surface area (Å²) in [6.45, 7) is 2.51. The highest BCUT2D eigenvalue weighted by Crippen LogP contribution is 2.47. The summed E-state index contributed by atoms with van der Waals surface area (Å²) in [6.07, 6.45) is 4.31. The topological polar surface area (TPSA) is 69.9 Å². The number of benzene rings is 1. The first-order valence-corrected chi connectivity index (χ1v) is 8.90. The molecule has 0 bridgehead atoms. The lowest BCUT2D eigenvalue weighted by atomic mass is 10.1. The molecule has 1 aromatic carbocycles. The Balaban J connectivity index is 1.60. The predicted molar refractivity (Wildman–Crippen MR) is 102 cm³/mol. The molecule has 27 heavy (non-hydrogen) atoms. The largest absolute Gasteiger partial charge is 0.496 e. The van der Waals surface area contributed by atoms with Gasteiger partial charge in [0, 0.05) is 30.2 Å². The van der Waals surface area contributed by atoms with E-state index in [1.165, 1.54) is 12.5 Å². The van der Waals surface area contributed by atoms with Crippen LogP contribution in [0.5, 0.6) is 17.2 Å². The minimum Gasteiger partial charge on any atom is -0.496 e. The second-order valence-corrected chi connectivity index (χ2v) is 6.63.